The second kappa shape index (κ2) is 5.01. The summed E-state index contributed by atoms with van der Waals surface area (Å²) in [6.45, 7) is 6.96. The molecule has 1 aromatic heterocycles. The molecule has 3 heteroatoms. The van der Waals surface area contributed by atoms with E-state index in [1.165, 1.54) is 0 Å². The standard InChI is InChI=1S/C13H20N2O/c1-13(2,3)10-14-12(16)8-7-11-6-5-9-15(11)4/h5-9H,10H2,1-4H3,(H,14,16)/b8-7+. The first-order valence-corrected chi connectivity index (χ1v) is 5.46. The molecular weight excluding hydrogens is 200 g/mol. The van der Waals surface area contributed by atoms with Crippen molar-refractivity contribution in [3.63, 3.8) is 0 Å². The summed E-state index contributed by atoms with van der Waals surface area (Å²) in [4.78, 5) is 11.5. The number of hydrogen-bond acceptors (Lipinski definition) is 1. The molecule has 0 saturated heterocycles. The number of rotatable bonds is 3. The summed E-state index contributed by atoms with van der Waals surface area (Å²) in [5.74, 6) is -0.0453. The molecule has 0 aromatic carbocycles. The fourth-order valence-corrected chi connectivity index (χ4v) is 1.22. The van der Waals surface area contributed by atoms with Gasteiger partial charge in [0.05, 0.1) is 0 Å². The molecule has 0 bridgehead atoms. The highest BCUT2D eigenvalue weighted by atomic mass is 16.1. The van der Waals surface area contributed by atoms with E-state index < -0.39 is 0 Å². The second-order valence-electron chi connectivity index (χ2n) is 5.16. The highest BCUT2D eigenvalue weighted by Crippen LogP contribution is 2.10. The normalized spacial score (nSPS) is 12.0. The zero-order chi connectivity index (χ0) is 12.2. The first kappa shape index (κ1) is 12.6. The number of nitrogens with one attached hydrogen (secondary N) is 1. The largest absolute Gasteiger partial charge is 0.352 e. The molecule has 0 saturated carbocycles. The minimum atomic E-state index is -0.0453. The molecule has 1 rings (SSSR count). The molecule has 1 aromatic rings. The van der Waals surface area contributed by atoms with Crippen molar-refractivity contribution in [1.82, 2.24) is 9.88 Å². The number of aryl methyl sites for hydroxylation is 1. The van der Waals surface area contributed by atoms with Crippen molar-refractivity contribution in [2.45, 2.75) is 20.8 Å². The van der Waals surface area contributed by atoms with E-state index in [0.717, 1.165) is 5.69 Å². The Hall–Kier alpha value is -1.51. The van der Waals surface area contributed by atoms with Gasteiger partial charge in [0, 0.05) is 31.6 Å². The molecular formula is C13H20N2O. The van der Waals surface area contributed by atoms with Gasteiger partial charge < -0.3 is 9.88 Å². The van der Waals surface area contributed by atoms with Gasteiger partial charge in [-0.25, -0.2) is 0 Å². The third-order valence-corrected chi connectivity index (χ3v) is 2.18. The van der Waals surface area contributed by atoms with Crippen LogP contribution in [0.3, 0.4) is 0 Å². The Balaban J connectivity index is 2.46. The molecule has 1 amide bonds. The maximum Gasteiger partial charge on any atom is 0.244 e. The van der Waals surface area contributed by atoms with Gasteiger partial charge in [-0.1, -0.05) is 20.8 Å². The molecule has 0 unspecified atom stereocenters. The predicted molar refractivity (Wildman–Crippen MR) is 66.9 cm³/mol. The lowest BCUT2D eigenvalue weighted by Gasteiger charge is -2.17. The van der Waals surface area contributed by atoms with Gasteiger partial charge in [0.1, 0.15) is 0 Å². The van der Waals surface area contributed by atoms with Crippen molar-refractivity contribution < 1.29 is 4.79 Å². The molecule has 1 heterocycles. The van der Waals surface area contributed by atoms with Crippen LogP contribution in [0.4, 0.5) is 0 Å². The van der Waals surface area contributed by atoms with E-state index in [2.05, 4.69) is 26.1 Å². The Morgan fingerprint density at radius 1 is 1.50 bits per heavy atom. The lowest BCUT2D eigenvalue weighted by molar-refractivity contribution is -0.116. The molecule has 88 valence electrons. The Bertz CT molecular complexity index is 383. The van der Waals surface area contributed by atoms with Crippen molar-refractivity contribution in [1.29, 1.82) is 0 Å². The fraction of sp³-hybridized carbons (Fsp3) is 0.462. The third-order valence-electron chi connectivity index (χ3n) is 2.18. The van der Waals surface area contributed by atoms with Crippen LogP contribution in [-0.2, 0) is 11.8 Å². The van der Waals surface area contributed by atoms with Gasteiger partial charge in [0.25, 0.3) is 0 Å². The second-order valence-corrected chi connectivity index (χ2v) is 5.16. The van der Waals surface area contributed by atoms with Crippen LogP contribution in [0.1, 0.15) is 26.5 Å². The van der Waals surface area contributed by atoms with E-state index in [4.69, 9.17) is 0 Å². The molecule has 16 heavy (non-hydrogen) atoms. The summed E-state index contributed by atoms with van der Waals surface area (Å²) in [5.41, 5.74) is 1.14. The van der Waals surface area contributed by atoms with Crippen LogP contribution in [-0.4, -0.2) is 17.0 Å². The smallest absolute Gasteiger partial charge is 0.244 e. The number of carbonyl (C=O) groups excluding carboxylic acids is 1. The van der Waals surface area contributed by atoms with Gasteiger partial charge >= 0.3 is 0 Å². The molecule has 0 aliphatic heterocycles. The quantitative estimate of drug-likeness (QED) is 0.778. The molecule has 0 aliphatic rings. The van der Waals surface area contributed by atoms with Crippen LogP contribution in [0.25, 0.3) is 6.08 Å². The Kier molecular flexibility index (Phi) is 3.93. The van der Waals surface area contributed by atoms with E-state index in [1.54, 1.807) is 6.08 Å². The summed E-state index contributed by atoms with van der Waals surface area (Å²) < 4.78 is 1.97. The van der Waals surface area contributed by atoms with Crippen molar-refractivity contribution in [2.75, 3.05) is 6.54 Å². The van der Waals surface area contributed by atoms with Crippen LogP contribution in [0.2, 0.25) is 0 Å². The molecule has 0 spiro atoms. The van der Waals surface area contributed by atoms with Crippen molar-refractivity contribution in [3.8, 4) is 0 Å². The Labute approximate surface area is 97.2 Å². The van der Waals surface area contributed by atoms with E-state index >= 15 is 0 Å². The van der Waals surface area contributed by atoms with Gasteiger partial charge in [-0.05, 0) is 23.6 Å². The Morgan fingerprint density at radius 2 is 2.19 bits per heavy atom. The summed E-state index contributed by atoms with van der Waals surface area (Å²) in [7, 11) is 1.95. The van der Waals surface area contributed by atoms with E-state index in [1.807, 2.05) is 36.0 Å². The zero-order valence-corrected chi connectivity index (χ0v) is 10.4. The Morgan fingerprint density at radius 3 is 2.69 bits per heavy atom. The monoisotopic (exact) mass is 220 g/mol. The van der Waals surface area contributed by atoms with Gasteiger partial charge in [-0.15, -0.1) is 0 Å². The maximum absolute atomic E-state index is 11.5. The van der Waals surface area contributed by atoms with Crippen molar-refractivity contribution in [3.05, 3.63) is 30.1 Å². The first-order valence-electron chi connectivity index (χ1n) is 5.46. The predicted octanol–water partition coefficient (Wildman–Crippen LogP) is 2.20. The number of amides is 1. The van der Waals surface area contributed by atoms with Gasteiger partial charge in [0.15, 0.2) is 0 Å². The number of carbonyl (C=O) groups is 1. The highest BCUT2D eigenvalue weighted by Gasteiger charge is 2.10. The lowest BCUT2D eigenvalue weighted by Crippen LogP contribution is -2.30. The fourth-order valence-electron chi connectivity index (χ4n) is 1.22. The lowest BCUT2D eigenvalue weighted by atomic mass is 9.97. The van der Waals surface area contributed by atoms with E-state index in [-0.39, 0.29) is 11.3 Å². The molecule has 0 atom stereocenters. The van der Waals surface area contributed by atoms with Crippen LogP contribution < -0.4 is 5.32 Å². The van der Waals surface area contributed by atoms with Gasteiger partial charge in [-0.3, -0.25) is 4.79 Å². The average molecular weight is 220 g/mol. The number of aromatic nitrogens is 1. The molecule has 1 N–H and O–H groups in total. The SMILES string of the molecule is Cn1cccc1/C=C/C(=O)NCC(C)(C)C. The molecule has 0 fully saturated rings. The van der Waals surface area contributed by atoms with E-state index in [0.29, 0.717) is 6.54 Å². The van der Waals surface area contributed by atoms with Crippen LogP contribution in [0, 0.1) is 5.41 Å². The molecule has 0 radical (unpaired) electrons. The minimum Gasteiger partial charge on any atom is -0.352 e. The third kappa shape index (κ3) is 4.34. The van der Waals surface area contributed by atoms with Crippen molar-refractivity contribution >= 4 is 12.0 Å². The summed E-state index contributed by atoms with van der Waals surface area (Å²) in [6, 6.07) is 3.92. The van der Waals surface area contributed by atoms with Crippen molar-refractivity contribution in [2.24, 2.45) is 12.5 Å². The summed E-state index contributed by atoms with van der Waals surface area (Å²) in [5, 5.41) is 2.87. The van der Waals surface area contributed by atoms with Crippen LogP contribution in [0.15, 0.2) is 24.4 Å². The maximum atomic E-state index is 11.5. The topological polar surface area (TPSA) is 34.0 Å². The van der Waals surface area contributed by atoms with Gasteiger partial charge in [0.2, 0.25) is 5.91 Å². The average Bonchev–Trinajstić information content (AvgIpc) is 2.57. The minimum absolute atomic E-state index is 0.0453. The van der Waals surface area contributed by atoms with E-state index in [9.17, 15) is 4.79 Å². The van der Waals surface area contributed by atoms with Crippen LogP contribution >= 0.6 is 0 Å². The summed E-state index contributed by atoms with van der Waals surface area (Å²) in [6.07, 6.45) is 5.34. The van der Waals surface area contributed by atoms with Gasteiger partial charge in [-0.2, -0.15) is 0 Å². The van der Waals surface area contributed by atoms with Crippen LogP contribution in [0.5, 0.6) is 0 Å². The molecule has 0 aliphatic carbocycles. The highest BCUT2D eigenvalue weighted by molar-refractivity contribution is 5.91. The number of nitrogens with zero attached hydrogens (tertiary/aromatic N) is 1. The first-order chi connectivity index (χ1) is 7.38. The number of hydrogen-bond donors (Lipinski definition) is 1. The molecule has 3 nitrogen and oxygen atoms in total. The summed E-state index contributed by atoms with van der Waals surface area (Å²) >= 11 is 0. The zero-order valence-electron chi connectivity index (χ0n) is 10.4.